The summed E-state index contributed by atoms with van der Waals surface area (Å²) >= 11 is 5.18. The molecule has 8 heavy (non-hydrogen) atoms. The fraction of sp³-hybridized carbons (Fsp3) is 0.750. The van der Waals surface area contributed by atoms with Crippen LogP contribution in [0, 0.1) is 0 Å². The van der Waals surface area contributed by atoms with Crippen LogP contribution in [0.3, 0.4) is 0 Å². The summed E-state index contributed by atoms with van der Waals surface area (Å²) in [6, 6.07) is 0. The van der Waals surface area contributed by atoms with Crippen LogP contribution in [0.2, 0.25) is 0 Å². The van der Waals surface area contributed by atoms with Gasteiger partial charge in [0.1, 0.15) is 0 Å². The number of alkyl halides is 1. The Balaban J connectivity index is -0.000000180. The second-order valence-corrected chi connectivity index (χ2v) is 1.56. The fourth-order valence-electron chi connectivity index (χ4n) is 0.218. The number of halogens is 1. The number of carbonyl (C=O) groups is 1. The smallest absolute Gasteiger partial charge is 1.00 e. The standard InChI is InChI=1S/C4H7ClO2.K.H/c5-3-1-2-4(6)7;;/h1-3H2,(H,6,7);;/q;+1;-1. The van der Waals surface area contributed by atoms with E-state index in [1.807, 2.05) is 0 Å². The van der Waals surface area contributed by atoms with Gasteiger partial charge in [0.05, 0.1) is 0 Å². The van der Waals surface area contributed by atoms with Gasteiger partial charge in [-0.15, -0.1) is 11.6 Å². The van der Waals surface area contributed by atoms with Crippen molar-refractivity contribution in [2.75, 3.05) is 5.88 Å². The van der Waals surface area contributed by atoms with Gasteiger partial charge in [-0.25, -0.2) is 0 Å². The summed E-state index contributed by atoms with van der Waals surface area (Å²) in [6.45, 7) is 0. The van der Waals surface area contributed by atoms with Crippen LogP contribution in [-0.4, -0.2) is 17.0 Å². The predicted octanol–water partition coefficient (Wildman–Crippen LogP) is -1.79. The largest absolute Gasteiger partial charge is 1.00 e. The van der Waals surface area contributed by atoms with Crippen molar-refractivity contribution in [3.8, 4) is 0 Å². The molecule has 0 rings (SSSR count). The minimum absolute atomic E-state index is 0. The van der Waals surface area contributed by atoms with Crippen molar-refractivity contribution in [3.05, 3.63) is 0 Å². The molecule has 0 aliphatic heterocycles. The minimum Gasteiger partial charge on any atom is -1.00 e. The summed E-state index contributed by atoms with van der Waals surface area (Å²) in [6.07, 6.45) is 0.750. The summed E-state index contributed by atoms with van der Waals surface area (Å²) in [5, 5.41) is 7.99. The maximum Gasteiger partial charge on any atom is 1.00 e. The normalized spacial score (nSPS) is 7.62. The third-order valence-corrected chi connectivity index (χ3v) is 0.792. The van der Waals surface area contributed by atoms with E-state index in [1.54, 1.807) is 0 Å². The first-order valence-corrected chi connectivity index (χ1v) is 2.58. The van der Waals surface area contributed by atoms with Gasteiger partial charge in [-0.05, 0) is 6.42 Å². The van der Waals surface area contributed by atoms with E-state index in [9.17, 15) is 4.79 Å². The number of hydrogen-bond acceptors (Lipinski definition) is 1. The zero-order valence-electron chi connectivity index (χ0n) is 5.85. The van der Waals surface area contributed by atoms with Crippen LogP contribution in [0.4, 0.5) is 0 Å². The van der Waals surface area contributed by atoms with Crippen molar-refractivity contribution >= 4 is 17.6 Å². The third kappa shape index (κ3) is 10.4. The predicted molar refractivity (Wildman–Crippen MR) is 28.7 cm³/mol. The van der Waals surface area contributed by atoms with Gasteiger partial charge in [0, 0.05) is 12.3 Å². The first-order chi connectivity index (χ1) is 3.27. The molecule has 0 bridgehead atoms. The molecule has 0 heterocycles. The van der Waals surface area contributed by atoms with E-state index >= 15 is 0 Å². The molecule has 0 aliphatic carbocycles. The first-order valence-electron chi connectivity index (χ1n) is 2.05. The van der Waals surface area contributed by atoms with Gasteiger partial charge < -0.3 is 6.53 Å². The van der Waals surface area contributed by atoms with E-state index in [1.165, 1.54) is 0 Å². The molecule has 0 fully saturated rings. The van der Waals surface area contributed by atoms with Crippen molar-refractivity contribution in [2.24, 2.45) is 0 Å². The van der Waals surface area contributed by atoms with Gasteiger partial charge in [0.15, 0.2) is 0 Å². The van der Waals surface area contributed by atoms with E-state index in [0.29, 0.717) is 12.3 Å². The molecule has 2 nitrogen and oxygen atoms in total. The van der Waals surface area contributed by atoms with Crippen molar-refractivity contribution < 1.29 is 62.7 Å². The second-order valence-electron chi connectivity index (χ2n) is 1.19. The summed E-state index contributed by atoms with van der Waals surface area (Å²) < 4.78 is 0. The Morgan fingerprint density at radius 1 is 1.75 bits per heavy atom. The minimum atomic E-state index is -0.777. The van der Waals surface area contributed by atoms with E-state index in [-0.39, 0.29) is 59.2 Å². The fourth-order valence-corrected chi connectivity index (χ4v) is 0.352. The molecule has 0 saturated carbocycles. The SMILES string of the molecule is O=C(O)CCCCl.[H-].[K+]. The Bertz CT molecular complexity index is 71.6. The summed E-state index contributed by atoms with van der Waals surface area (Å²) in [5.41, 5.74) is 0. The van der Waals surface area contributed by atoms with Crippen LogP contribution in [0.15, 0.2) is 0 Å². The number of carboxylic acid groups (broad SMARTS) is 1. The number of aliphatic carboxylic acids is 1. The van der Waals surface area contributed by atoms with Crippen molar-refractivity contribution in [1.82, 2.24) is 0 Å². The van der Waals surface area contributed by atoms with Crippen molar-refractivity contribution in [1.29, 1.82) is 0 Å². The van der Waals surface area contributed by atoms with Crippen LogP contribution in [0.5, 0.6) is 0 Å². The average Bonchev–Trinajstić information content (AvgIpc) is 1.61. The molecule has 0 unspecified atom stereocenters. The zero-order valence-corrected chi connectivity index (χ0v) is 8.73. The average molecular weight is 163 g/mol. The van der Waals surface area contributed by atoms with Gasteiger partial charge in [-0.2, -0.15) is 0 Å². The van der Waals surface area contributed by atoms with Crippen LogP contribution < -0.4 is 51.4 Å². The number of rotatable bonds is 3. The van der Waals surface area contributed by atoms with Gasteiger partial charge in [-0.3, -0.25) is 4.79 Å². The monoisotopic (exact) mass is 162 g/mol. The number of hydrogen-bond donors (Lipinski definition) is 1. The molecule has 0 aromatic carbocycles. The molecule has 4 heteroatoms. The van der Waals surface area contributed by atoms with Crippen LogP contribution in [-0.2, 0) is 4.79 Å². The molecule has 0 radical (unpaired) electrons. The van der Waals surface area contributed by atoms with Crippen molar-refractivity contribution in [3.63, 3.8) is 0 Å². The van der Waals surface area contributed by atoms with Gasteiger partial charge in [0.25, 0.3) is 0 Å². The van der Waals surface area contributed by atoms with Crippen LogP contribution in [0.1, 0.15) is 14.3 Å². The molecular weight excluding hydrogens is 155 g/mol. The second kappa shape index (κ2) is 8.40. The quantitative estimate of drug-likeness (QED) is 0.393. The molecule has 44 valence electrons. The van der Waals surface area contributed by atoms with E-state index in [2.05, 4.69) is 0 Å². The molecule has 0 saturated heterocycles. The molecule has 0 atom stereocenters. The zero-order chi connectivity index (χ0) is 5.70. The Kier molecular flexibility index (Phi) is 12.7. The molecular formula is C4H8ClKO2. The van der Waals surface area contributed by atoms with E-state index in [0.717, 1.165) is 0 Å². The molecule has 0 aromatic heterocycles. The third-order valence-electron chi connectivity index (χ3n) is 0.524. The summed E-state index contributed by atoms with van der Waals surface area (Å²) in [4.78, 5) is 9.70. The van der Waals surface area contributed by atoms with Crippen molar-refractivity contribution in [2.45, 2.75) is 12.8 Å². The molecule has 0 spiro atoms. The molecule has 0 aliphatic rings. The molecule has 1 N–H and O–H groups in total. The van der Waals surface area contributed by atoms with E-state index in [4.69, 9.17) is 16.7 Å². The molecule has 0 amide bonds. The Morgan fingerprint density at radius 2 is 2.25 bits per heavy atom. The summed E-state index contributed by atoms with van der Waals surface area (Å²) in [7, 11) is 0. The Morgan fingerprint density at radius 3 is 2.38 bits per heavy atom. The maximum atomic E-state index is 9.70. The van der Waals surface area contributed by atoms with Gasteiger partial charge >= 0.3 is 57.4 Å². The topological polar surface area (TPSA) is 37.3 Å². The molecule has 0 aromatic rings. The van der Waals surface area contributed by atoms with Crippen LogP contribution in [0.25, 0.3) is 0 Å². The van der Waals surface area contributed by atoms with Gasteiger partial charge in [-0.1, -0.05) is 0 Å². The summed E-state index contributed by atoms with van der Waals surface area (Å²) in [5.74, 6) is -0.340. The number of carboxylic acids is 1. The Labute approximate surface area is 97.5 Å². The van der Waals surface area contributed by atoms with E-state index < -0.39 is 5.97 Å². The Hall–Kier alpha value is 1.40. The maximum absolute atomic E-state index is 9.70. The van der Waals surface area contributed by atoms with Gasteiger partial charge in [0.2, 0.25) is 0 Å². The first kappa shape index (κ1) is 12.1. The van der Waals surface area contributed by atoms with Crippen LogP contribution >= 0.6 is 11.6 Å².